The molecule has 0 bridgehead atoms. The summed E-state index contributed by atoms with van der Waals surface area (Å²) in [4.78, 5) is 145. The lowest BCUT2D eigenvalue weighted by molar-refractivity contribution is -0.173. The van der Waals surface area contributed by atoms with Crippen molar-refractivity contribution in [1.29, 1.82) is 0 Å². The van der Waals surface area contributed by atoms with Crippen LogP contribution in [-0.4, -0.2) is 211 Å². The summed E-state index contributed by atoms with van der Waals surface area (Å²) in [5.41, 5.74) is 15.8. The maximum Gasteiger partial charge on any atom is 0.335 e. The van der Waals surface area contributed by atoms with E-state index < -0.39 is 145 Å². The molecule has 1 rings (SSSR count). The molecule has 11 unspecified atom stereocenters. The van der Waals surface area contributed by atoms with E-state index in [2.05, 4.69) is 36.9 Å². The molecule has 21 N–H and O–H groups in total. The molecule has 406 valence electrons. The fourth-order valence-electron chi connectivity index (χ4n) is 6.50. The number of carboxylic acids is 1. The number of nitrogens with two attached hydrogens (primary N) is 3. The molecule has 0 saturated carbocycles. The van der Waals surface area contributed by atoms with Gasteiger partial charge in [-0.25, -0.2) is 14.9 Å². The van der Waals surface area contributed by atoms with Gasteiger partial charge in [-0.05, 0) is 59.3 Å². The monoisotopic (exact) mass is 1030 g/mol. The highest BCUT2D eigenvalue weighted by Crippen LogP contribution is 2.12. The Hall–Kier alpha value is -7.10. The standard InChI is InChI=1S/C40H68N14O18/c1-5-21(46-26(58)15-45-36(66)27(20(4)57)51-37(67)28(30(60)39(69)70)52-31(61)18(2)29(59)19(3)41)32(62)47-23(10-7-13-53(71)17-56)34(64)50-25(16-55)35(65)48-22(9-6-12-44-40(42)43)33(63)49-24-11-8-14-54(72)38(24)68/h5,17-20,22-25,27-30,55,57,59-60,71-72H,6-16,41H2,1-4H3,(H,45,66)(H,46,58)(H,47,62)(H,48,65)(H,49,63)(H,50,64)(H,51,67)(H,52,61)(H,69,70)(H4,42,43,44)/b21-5-. The Morgan fingerprint density at radius 3 is 1.97 bits per heavy atom. The van der Waals surface area contributed by atoms with Crippen LogP contribution in [0, 0.1) is 5.92 Å². The van der Waals surface area contributed by atoms with E-state index >= 15 is 0 Å². The summed E-state index contributed by atoms with van der Waals surface area (Å²) in [7, 11) is 0. The Morgan fingerprint density at radius 1 is 0.833 bits per heavy atom. The Morgan fingerprint density at radius 2 is 1.42 bits per heavy atom. The summed E-state index contributed by atoms with van der Waals surface area (Å²) in [5, 5.41) is 87.8. The van der Waals surface area contributed by atoms with Gasteiger partial charge in [-0.2, -0.15) is 0 Å². The molecular formula is C40H68N14O18. The smallest absolute Gasteiger partial charge is 0.335 e. The van der Waals surface area contributed by atoms with E-state index in [1.165, 1.54) is 20.8 Å². The van der Waals surface area contributed by atoms with Crippen molar-refractivity contribution in [2.75, 3.05) is 32.8 Å². The van der Waals surface area contributed by atoms with Crippen molar-refractivity contribution in [1.82, 2.24) is 52.7 Å². The molecule has 1 aliphatic rings. The van der Waals surface area contributed by atoms with Gasteiger partial charge in [-0.3, -0.25) is 63.4 Å². The highest BCUT2D eigenvalue weighted by atomic mass is 16.5. The van der Waals surface area contributed by atoms with Crippen LogP contribution in [0.5, 0.6) is 0 Å². The van der Waals surface area contributed by atoms with Crippen LogP contribution in [0.2, 0.25) is 0 Å². The van der Waals surface area contributed by atoms with E-state index in [-0.39, 0.29) is 69.2 Å². The summed E-state index contributed by atoms with van der Waals surface area (Å²) in [6.07, 6.45) is -4.75. The number of hydroxylamine groups is 4. The lowest BCUT2D eigenvalue weighted by Gasteiger charge is -2.30. The van der Waals surface area contributed by atoms with Crippen molar-refractivity contribution in [2.24, 2.45) is 28.1 Å². The van der Waals surface area contributed by atoms with Gasteiger partial charge in [0.15, 0.2) is 12.1 Å². The van der Waals surface area contributed by atoms with E-state index in [0.29, 0.717) is 11.5 Å². The molecule has 0 spiro atoms. The fourth-order valence-corrected chi connectivity index (χ4v) is 6.50. The SMILES string of the molecule is C/C=C(\NC(=O)CNC(=O)C(NC(=O)C(NC(=O)C(C)C(O)C(C)N)C(O)C(=O)O)C(C)O)C(=O)NC(CCCN(O)C=O)C(=O)NC(CO)C(=O)NC(CCCN=C(N)N)C(=O)NC1CCCN(O)C1=O. The first-order chi connectivity index (χ1) is 33.7. The molecule has 0 aromatic rings. The summed E-state index contributed by atoms with van der Waals surface area (Å²) in [6.45, 7) is 2.48. The lowest BCUT2D eigenvalue weighted by Crippen LogP contribution is -2.62. The van der Waals surface area contributed by atoms with Gasteiger partial charge in [0, 0.05) is 25.7 Å². The summed E-state index contributed by atoms with van der Waals surface area (Å²) < 4.78 is 0. The molecule has 32 heteroatoms. The molecule has 0 radical (unpaired) electrons. The Bertz CT molecular complexity index is 1990. The second-order valence-electron chi connectivity index (χ2n) is 16.5. The van der Waals surface area contributed by atoms with Gasteiger partial charge < -0.3 is 85.3 Å². The zero-order valence-corrected chi connectivity index (χ0v) is 40.0. The number of aliphatic imine (C=N–C) groups is 1. The van der Waals surface area contributed by atoms with E-state index in [0.717, 1.165) is 13.0 Å². The first-order valence-electron chi connectivity index (χ1n) is 22.4. The normalized spacial score (nSPS) is 17.8. The second kappa shape index (κ2) is 31.3. The molecule has 11 atom stereocenters. The third kappa shape index (κ3) is 21.1. The number of allylic oxidation sites excluding steroid dienone is 1. The maximum absolute atomic E-state index is 13.6. The Labute approximate surface area is 411 Å². The Kier molecular flexibility index (Phi) is 27.3. The van der Waals surface area contributed by atoms with Crippen molar-refractivity contribution in [3.05, 3.63) is 11.8 Å². The van der Waals surface area contributed by atoms with E-state index in [4.69, 9.17) is 17.2 Å². The third-order valence-electron chi connectivity index (χ3n) is 10.7. The first-order valence-corrected chi connectivity index (χ1v) is 22.4. The zero-order valence-electron chi connectivity index (χ0n) is 40.0. The number of amides is 10. The van der Waals surface area contributed by atoms with Crippen LogP contribution >= 0.6 is 0 Å². The first kappa shape index (κ1) is 62.9. The minimum Gasteiger partial charge on any atom is -0.479 e. The van der Waals surface area contributed by atoms with Crippen LogP contribution in [0.15, 0.2) is 16.8 Å². The van der Waals surface area contributed by atoms with Gasteiger partial charge >= 0.3 is 5.97 Å². The number of hydrogen-bond acceptors (Lipinski definition) is 19. The number of guanidine groups is 1. The predicted octanol–water partition coefficient (Wildman–Crippen LogP) is -9.11. The lowest BCUT2D eigenvalue weighted by atomic mass is 9.97. The summed E-state index contributed by atoms with van der Waals surface area (Å²) in [6, 6.07) is -11.2. The van der Waals surface area contributed by atoms with Gasteiger partial charge in [-0.1, -0.05) is 13.0 Å². The number of aliphatic hydroxyl groups excluding tert-OH is 4. The fraction of sp³-hybridized carbons (Fsp3) is 0.650. The molecule has 1 saturated heterocycles. The highest BCUT2D eigenvalue weighted by Gasteiger charge is 2.39. The molecule has 72 heavy (non-hydrogen) atoms. The molecule has 10 amide bonds. The number of rotatable bonds is 31. The van der Waals surface area contributed by atoms with Gasteiger partial charge in [-0.15, -0.1) is 0 Å². The predicted molar refractivity (Wildman–Crippen MR) is 244 cm³/mol. The van der Waals surface area contributed by atoms with Crippen molar-refractivity contribution < 1.29 is 88.7 Å². The zero-order chi connectivity index (χ0) is 55.0. The van der Waals surface area contributed by atoms with E-state index in [1.54, 1.807) is 0 Å². The average Bonchev–Trinajstić information content (AvgIpc) is 3.32. The maximum atomic E-state index is 13.6. The van der Waals surface area contributed by atoms with Crippen molar-refractivity contribution >= 4 is 71.5 Å². The van der Waals surface area contributed by atoms with Crippen molar-refractivity contribution in [2.45, 2.75) is 127 Å². The number of aliphatic carboxylic acids is 1. The van der Waals surface area contributed by atoms with Crippen LogP contribution in [0.1, 0.15) is 66.2 Å². The van der Waals surface area contributed by atoms with Crippen LogP contribution in [0.4, 0.5) is 0 Å². The van der Waals surface area contributed by atoms with E-state index in [1.807, 2.05) is 10.6 Å². The summed E-state index contributed by atoms with van der Waals surface area (Å²) >= 11 is 0. The van der Waals surface area contributed by atoms with Crippen molar-refractivity contribution in [3.63, 3.8) is 0 Å². The average molecular weight is 1030 g/mol. The largest absolute Gasteiger partial charge is 0.479 e. The quantitative estimate of drug-likeness (QED) is 0.00583. The molecule has 32 nitrogen and oxygen atoms in total. The number of piperidine rings is 1. The molecule has 0 aliphatic carbocycles. The number of aliphatic hydroxyl groups is 4. The van der Waals surface area contributed by atoms with E-state index in [9.17, 15) is 88.7 Å². The molecule has 0 aromatic carbocycles. The number of carbonyl (C=O) groups excluding carboxylic acids is 10. The summed E-state index contributed by atoms with van der Waals surface area (Å²) in [5.74, 6) is -13.6. The second-order valence-corrected chi connectivity index (χ2v) is 16.5. The molecular weight excluding hydrogens is 965 g/mol. The molecule has 1 aliphatic heterocycles. The van der Waals surface area contributed by atoms with Gasteiger partial charge in [0.2, 0.25) is 47.8 Å². The number of nitrogens with one attached hydrogen (secondary N) is 8. The third-order valence-corrected chi connectivity index (χ3v) is 10.7. The topological polar surface area (TPSA) is 523 Å². The minimum atomic E-state index is -2.60. The van der Waals surface area contributed by atoms with Gasteiger partial charge in [0.05, 0.1) is 31.3 Å². The van der Waals surface area contributed by atoms with Crippen LogP contribution in [-0.2, 0) is 52.7 Å². The molecule has 1 fully saturated rings. The minimum absolute atomic E-state index is 0.00921. The highest BCUT2D eigenvalue weighted by molar-refractivity contribution is 6.02. The number of nitrogens with zero attached hydrogens (tertiary/aromatic N) is 3. The number of carboxylic acid groups (broad SMARTS) is 1. The number of hydrogen-bond donors (Lipinski definition) is 18. The van der Waals surface area contributed by atoms with Crippen molar-refractivity contribution in [3.8, 4) is 0 Å². The van der Waals surface area contributed by atoms with Crippen LogP contribution in [0.3, 0.4) is 0 Å². The van der Waals surface area contributed by atoms with Crippen LogP contribution in [0.25, 0.3) is 0 Å². The van der Waals surface area contributed by atoms with Gasteiger partial charge in [0.25, 0.3) is 11.8 Å². The van der Waals surface area contributed by atoms with Gasteiger partial charge in [0.1, 0.15) is 41.9 Å². The molecule has 1 heterocycles. The Balaban J connectivity index is 3.19. The number of carbonyl (C=O) groups is 11. The van der Waals surface area contributed by atoms with Crippen LogP contribution < -0.4 is 59.7 Å². The molecule has 0 aromatic heterocycles.